The fourth-order valence-corrected chi connectivity index (χ4v) is 1.17. The average molecular weight is 215 g/mol. The van der Waals surface area contributed by atoms with Crippen molar-refractivity contribution in [2.45, 2.75) is 25.9 Å². The van der Waals surface area contributed by atoms with Gasteiger partial charge in [-0.25, -0.2) is 0 Å². The fourth-order valence-electron chi connectivity index (χ4n) is 1.17. The molecule has 0 aromatic heterocycles. The summed E-state index contributed by atoms with van der Waals surface area (Å²) in [7, 11) is 0. The minimum atomic E-state index is -0.324. The molecule has 5 nitrogen and oxygen atoms in total. The lowest BCUT2D eigenvalue weighted by molar-refractivity contribution is -0.122. The second-order valence-electron chi connectivity index (χ2n) is 3.45. The Balaban J connectivity index is 2.15. The highest BCUT2D eigenvalue weighted by atomic mass is 16.6. The van der Waals surface area contributed by atoms with E-state index in [0.717, 1.165) is 6.42 Å². The van der Waals surface area contributed by atoms with Gasteiger partial charge < -0.3 is 19.9 Å². The molecule has 1 rings (SSSR count). The Morgan fingerprint density at radius 1 is 1.67 bits per heavy atom. The molecule has 0 fully saturated rings. The van der Waals surface area contributed by atoms with Crippen molar-refractivity contribution >= 4 is 5.91 Å². The third-order valence-corrected chi connectivity index (χ3v) is 1.96. The number of amides is 1. The average Bonchev–Trinajstić information content (AvgIpc) is 2.25. The van der Waals surface area contributed by atoms with Crippen molar-refractivity contribution in [2.24, 2.45) is 0 Å². The Bertz CT molecular complexity index is 238. The van der Waals surface area contributed by atoms with E-state index in [1.54, 1.807) is 6.92 Å². The first kappa shape index (κ1) is 11.8. The molecule has 1 aliphatic heterocycles. The maximum Gasteiger partial charge on any atom is 0.289 e. The standard InChI is InChI=1S/C10H17NO4/c1-8(12)3-2-4-11-10(13)9-7-14-5-6-15-9/h7-8,12H,2-6H2,1H3,(H,11,13). The molecule has 86 valence electrons. The zero-order chi connectivity index (χ0) is 11.1. The van der Waals surface area contributed by atoms with Crippen LogP contribution in [-0.4, -0.2) is 36.9 Å². The van der Waals surface area contributed by atoms with Crippen molar-refractivity contribution in [1.29, 1.82) is 0 Å². The molecule has 5 heteroatoms. The van der Waals surface area contributed by atoms with Gasteiger partial charge in [-0.2, -0.15) is 0 Å². The van der Waals surface area contributed by atoms with Crippen LogP contribution in [0.3, 0.4) is 0 Å². The molecular formula is C10H17NO4. The van der Waals surface area contributed by atoms with Gasteiger partial charge in [-0.1, -0.05) is 0 Å². The quantitative estimate of drug-likeness (QED) is 0.641. The zero-order valence-corrected chi connectivity index (χ0v) is 8.86. The summed E-state index contributed by atoms with van der Waals surface area (Å²) in [6.07, 6.45) is 2.43. The lowest BCUT2D eigenvalue weighted by atomic mass is 10.2. The molecule has 1 heterocycles. The third kappa shape index (κ3) is 4.69. The van der Waals surface area contributed by atoms with E-state index < -0.39 is 0 Å². The maximum atomic E-state index is 11.4. The highest BCUT2D eigenvalue weighted by molar-refractivity contribution is 5.91. The van der Waals surface area contributed by atoms with Crippen LogP contribution in [0.4, 0.5) is 0 Å². The van der Waals surface area contributed by atoms with Gasteiger partial charge in [0.25, 0.3) is 5.91 Å². The normalized spacial score (nSPS) is 17.1. The number of aliphatic hydroxyl groups excluding tert-OH is 1. The van der Waals surface area contributed by atoms with Crippen molar-refractivity contribution < 1.29 is 19.4 Å². The Hall–Kier alpha value is -1.23. The number of carbonyl (C=O) groups excluding carboxylic acids is 1. The summed E-state index contributed by atoms with van der Waals surface area (Å²) in [5.41, 5.74) is 0. The first-order valence-electron chi connectivity index (χ1n) is 5.11. The molecule has 0 saturated carbocycles. The third-order valence-electron chi connectivity index (χ3n) is 1.96. The largest absolute Gasteiger partial charge is 0.494 e. The highest BCUT2D eigenvalue weighted by Crippen LogP contribution is 2.03. The molecule has 15 heavy (non-hydrogen) atoms. The number of nitrogens with one attached hydrogen (secondary N) is 1. The van der Waals surface area contributed by atoms with Gasteiger partial charge in [-0.3, -0.25) is 4.79 Å². The predicted molar refractivity (Wildman–Crippen MR) is 53.9 cm³/mol. The highest BCUT2D eigenvalue weighted by Gasteiger charge is 2.13. The molecule has 0 saturated heterocycles. The Morgan fingerprint density at radius 3 is 3.07 bits per heavy atom. The second kappa shape index (κ2) is 6.29. The smallest absolute Gasteiger partial charge is 0.289 e. The number of ether oxygens (including phenoxy) is 2. The van der Waals surface area contributed by atoms with Gasteiger partial charge in [0, 0.05) is 6.54 Å². The molecule has 2 N–H and O–H groups in total. The summed E-state index contributed by atoms with van der Waals surface area (Å²) in [5, 5.41) is 11.7. The minimum Gasteiger partial charge on any atom is -0.494 e. The number of hydrogen-bond acceptors (Lipinski definition) is 4. The minimum absolute atomic E-state index is 0.221. The van der Waals surface area contributed by atoms with Gasteiger partial charge >= 0.3 is 0 Å². The Kier molecular flexibility index (Phi) is 4.97. The van der Waals surface area contributed by atoms with Crippen molar-refractivity contribution in [2.75, 3.05) is 19.8 Å². The second-order valence-corrected chi connectivity index (χ2v) is 3.45. The van der Waals surface area contributed by atoms with E-state index in [4.69, 9.17) is 14.6 Å². The summed E-state index contributed by atoms with van der Waals surface area (Å²) in [4.78, 5) is 11.4. The summed E-state index contributed by atoms with van der Waals surface area (Å²) >= 11 is 0. The maximum absolute atomic E-state index is 11.4. The van der Waals surface area contributed by atoms with Crippen LogP contribution in [-0.2, 0) is 14.3 Å². The zero-order valence-electron chi connectivity index (χ0n) is 8.86. The SMILES string of the molecule is CC(O)CCCNC(=O)C1=COCCO1. The molecule has 1 amide bonds. The molecule has 1 unspecified atom stereocenters. The monoisotopic (exact) mass is 215 g/mol. The molecule has 0 radical (unpaired) electrons. The van der Waals surface area contributed by atoms with Crippen LogP contribution < -0.4 is 5.32 Å². The van der Waals surface area contributed by atoms with E-state index in [1.807, 2.05) is 0 Å². The number of rotatable bonds is 5. The van der Waals surface area contributed by atoms with E-state index in [2.05, 4.69) is 5.32 Å². The lowest BCUT2D eigenvalue weighted by Gasteiger charge is -2.15. The van der Waals surface area contributed by atoms with E-state index in [-0.39, 0.29) is 17.8 Å². The van der Waals surface area contributed by atoms with Crippen molar-refractivity contribution in [3.63, 3.8) is 0 Å². The summed E-state index contributed by atoms with van der Waals surface area (Å²) < 4.78 is 10.1. The van der Waals surface area contributed by atoms with Crippen LogP contribution in [0.15, 0.2) is 12.0 Å². The van der Waals surface area contributed by atoms with Crippen LogP contribution in [0.5, 0.6) is 0 Å². The van der Waals surface area contributed by atoms with Crippen LogP contribution in [0.1, 0.15) is 19.8 Å². The topological polar surface area (TPSA) is 67.8 Å². The number of carbonyl (C=O) groups is 1. The molecule has 0 aromatic rings. The number of aliphatic hydroxyl groups is 1. The molecule has 0 aromatic carbocycles. The molecule has 0 bridgehead atoms. The van der Waals surface area contributed by atoms with Gasteiger partial charge in [0.15, 0.2) is 0 Å². The summed E-state index contributed by atoms with van der Waals surface area (Å²) in [5.74, 6) is -0.0430. The summed E-state index contributed by atoms with van der Waals surface area (Å²) in [6.45, 7) is 3.15. The van der Waals surface area contributed by atoms with Gasteiger partial charge in [0.2, 0.25) is 5.76 Å². The van der Waals surface area contributed by atoms with Gasteiger partial charge in [-0.05, 0) is 19.8 Å². The first-order chi connectivity index (χ1) is 7.20. The molecule has 0 aliphatic carbocycles. The van der Waals surface area contributed by atoms with Crippen molar-refractivity contribution in [1.82, 2.24) is 5.32 Å². The van der Waals surface area contributed by atoms with Crippen molar-refractivity contribution in [3.05, 3.63) is 12.0 Å². The van der Waals surface area contributed by atoms with Crippen LogP contribution in [0, 0.1) is 0 Å². The fraction of sp³-hybridized carbons (Fsp3) is 0.700. The van der Waals surface area contributed by atoms with Crippen LogP contribution in [0.25, 0.3) is 0 Å². The van der Waals surface area contributed by atoms with E-state index >= 15 is 0 Å². The Labute approximate surface area is 89.1 Å². The predicted octanol–water partition coefficient (Wildman–Crippen LogP) is 0.152. The number of hydrogen-bond donors (Lipinski definition) is 2. The van der Waals surface area contributed by atoms with Gasteiger partial charge in [0.05, 0.1) is 6.10 Å². The van der Waals surface area contributed by atoms with Crippen LogP contribution >= 0.6 is 0 Å². The molecule has 1 aliphatic rings. The molecular weight excluding hydrogens is 198 g/mol. The van der Waals surface area contributed by atoms with Gasteiger partial charge in [0.1, 0.15) is 19.5 Å². The van der Waals surface area contributed by atoms with E-state index in [1.165, 1.54) is 6.26 Å². The van der Waals surface area contributed by atoms with Crippen LogP contribution in [0.2, 0.25) is 0 Å². The first-order valence-corrected chi connectivity index (χ1v) is 5.11. The summed E-state index contributed by atoms with van der Waals surface area (Å²) in [6, 6.07) is 0. The van der Waals surface area contributed by atoms with E-state index in [0.29, 0.717) is 26.2 Å². The lowest BCUT2D eigenvalue weighted by Crippen LogP contribution is -2.29. The van der Waals surface area contributed by atoms with Gasteiger partial charge in [-0.15, -0.1) is 0 Å². The van der Waals surface area contributed by atoms with E-state index in [9.17, 15) is 4.79 Å². The molecule has 0 spiro atoms. The molecule has 1 atom stereocenters. The van der Waals surface area contributed by atoms with Crippen molar-refractivity contribution in [3.8, 4) is 0 Å². The Morgan fingerprint density at radius 2 is 2.47 bits per heavy atom.